The first kappa shape index (κ1) is 11.6. The summed E-state index contributed by atoms with van der Waals surface area (Å²) < 4.78 is 3.51. The second-order valence-corrected chi connectivity index (χ2v) is 4.45. The molecule has 0 amide bonds. The van der Waals surface area contributed by atoms with Gasteiger partial charge in [-0.05, 0) is 18.9 Å². The van der Waals surface area contributed by atoms with Crippen LogP contribution in [0, 0.1) is 6.92 Å². The highest BCUT2D eigenvalue weighted by molar-refractivity contribution is 5.44. The Morgan fingerprint density at radius 1 is 1.32 bits per heavy atom. The van der Waals surface area contributed by atoms with Crippen LogP contribution in [0.3, 0.4) is 0 Å². The summed E-state index contributed by atoms with van der Waals surface area (Å²) in [5.41, 5.74) is 2.12. The molecule has 7 heteroatoms. The van der Waals surface area contributed by atoms with Crippen molar-refractivity contribution in [1.29, 1.82) is 0 Å². The smallest absolute Gasteiger partial charge is 0.254 e. The zero-order valence-electron chi connectivity index (χ0n) is 10.9. The zero-order valence-corrected chi connectivity index (χ0v) is 10.9. The number of hydrogen-bond donors (Lipinski definition) is 1. The van der Waals surface area contributed by atoms with Crippen molar-refractivity contribution in [3.05, 3.63) is 36.0 Å². The number of rotatable bonds is 4. The summed E-state index contributed by atoms with van der Waals surface area (Å²) in [4.78, 5) is 8.40. The molecule has 3 aromatic heterocycles. The molecule has 0 saturated heterocycles. The van der Waals surface area contributed by atoms with Crippen LogP contribution in [-0.4, -0.2) is 35.9 Å². The summed E-state index contributed by atoms with van der Waals surface area (Å²) in [7, 11) is 1.92. The predicted molar refractivity (Wildman–Crippen MR) is 70.9 cm³/mol. The number of anilines is 1. The lowest BCUT2D eigenvalue weighted by Gasteiger charge is -2.07. The summed E-state index contributed by atoms with van der Waals surface area (Å²) >= 11 is 0. The number of nitrogens with zero attached hydrogens (tertiary/aromatic N) is 6. The highest BCUT2D eigenvalue weighted by Crippen LogP contribution is 2.10. The number of nitrogens with one attached hydrogen (secondary N) is 1. The SMILES string of the molecule is Cc1cc(NCCc2cnn(C)c2)n2ncnc2n1. The lowest BCUT2D eigenvalue weighted by Crippen LogP contribution is -2.10. The molecule has 1 N–H and O–H groups in total. The van der Waals surface area contributed by atoms with E-state index in [-0.39, 0.29) is 0 Å². The first-order chi connectivity index (χ1) is 9.22. The minimum Gasteiger partial charge on any atom is -0.370 e. The Bertz CT molecular complexity index is 697. The van der Waals surface area contributed by atoms with E-state index in [1.165, 1.54) is 11.9 Å². The van der Waals surface area contributed by atoms with Crippen LogP contribution in [0.1, 0.15) is 11.3 Å². The van der Waals surface area contributed by atoms with Gasteiger partial charge < -0.3 is 5.32 Å². The molecule has 0 atom stereocenters. The van der Waals surface area contributed by atoms with E-state index in [2.05, 4.69) is 25.5 Å². The van der Waals surface area contributed by atoms with Gasteiger partial charge in [-0.1, -0.05) is 0 Å². The topological polar surface area (TPSA) is 72.9 Å². The third kappa shape index (κ3) is 2.40. The molecule has 7 nitrogen and oxygen atoms in total. The largest absolute Gasteiger partial charge is 0.370 e. The fraction of sp³-hybridized carbons (Fsp3) is 0.333. The monoisotopic (exact) mass is 257 g/mol. The highest BCUT2D eigenvalue weighted by atomic mass is 15.3. The predicted octanol–water partition coefficient (Wildman–Crippen LogP) is 0.821. The summed E-state index contributed by atoms with van der Waals surface area (Å²) in [5.74, 6) is 1.52. The van der Waals surface area contributed by atoms with Crippen molar-refractivity contribution in [2.24, 2.45) is 7.05 Å². The van der Waals surface area contributed by atoms with E-state index < -0.39 is 0 Å². The first-order valence-electron chi connectivity index (χ1n) is 6.11. The van der Waals surface area contributed by atoms with Crippen molar-refractivity contribution >= 4 is 11.6 Å². The molecule has 0 radical (unpaired) electrons. The third-order valence-corrected chi connectivity index (χ3v) is 2.86. The summed E-state index contributed by atoms with van der Waals surface area (Å²) in [6.45, 7) is 2.76. The quantitative estimate of drug-likeness (QED) is 0.749. The van der Waals surface area contributed by atoms with Crippen LogP contribution < -0.4 is 5.32 Å². The average molecular weight is 257 g/mol. The summed E-state index contributed by atoms with van der Waals surface area (Å²) in [5, 5.41) is 11.7. The van der Waals surface area contributed by atoms with Gasteiger partial charge in [0.25, 0.3) is 5.78 Å². The van der Waals surface area contributed by atoms with E-state index >= 15 is 0 Å². The van der Waals surface area contributed by atoms with Crippen molar-refractivity contribution in [2.75, 3.05) is 11.9 Å². The Kier molecular flexibility index (Phi) is 2.86. The Morgan fingerprint density at radius 2 is 2.21 bits per heavy atom. The van der Waals surface area contributed by atoms with Gasteiger partial charge in [0.2, 0.25) is 0 Å². The lowest BCUT2D eigenvalue weighted by molar-refractivity contribution is 0.766. The summed E-state index contributed by atoms with van der Waals surface area (Å²) in [6.07, 6.45) is 6.31. The van der Waals surface area contributed by atoms with E-state index in [1.54, 1.807) is 4.52 Å². The van der Waals surface area contributed by atoms with Crippen molar-refractivity contribution in [1.82, 2.24) is 29.4 Å². The van der Waals surface area contributed by atoms with Gasteiger partial charge in [0.05, 0.1) is 6.20 Å². The van der Waals surface area contributed by atoms with Gasteiger partial charge in [-0.2, -0.15) is 19.7 Å². The lowest BCUT2D eigenvalue weighted by atomic mass is 10.2. The molecular formula is C12H15N7. The molecule has 0 unspecified atom stereocenters. The third-order valence-electron chi connectivity index (χ3n) is 2.86. The minimum atomic E-state index is 0.615. The van der Waals surface area contributed by atoms with Gasteiger partial charge in [-0.3, -0.25) is 4.68 Å². The van der Waals surface area contributed by atoms with Gasteiger partial charge in [0.15, 0.2) is 0 Å². The molecule has 3 heterocycles. The molecule has 0 bridgehead atoms. The zero-order chi connectivity index (χ0) is 13.2. The van der Waals surface area contributed by atoms with E-state index in [0.29, 0.717) is 5.78 Å². The molecular weight excluding hydrogens is 242 g/mol. The molecule has 98 valence electrons. The molecule has 19 heavy (non-hydrogen) atoms. The normalized spacial score (nSPS) is 11.1. The standard InChI is InChI=1S/C12H15N7/c1-9-5-11(19-12(17-9)14-8-16-19)13-4-3-10-6-15-18(2)7-10/h5-8,13H,3-4H2,1-2H3. The second-order valence-electron chi connectivity index (χ2n) is 4.45. The van der Waals surface area contributed by atoms with Gasteiger partial charge >= 0.3 is 0 Å². The second kappa shape index (κ2) is 4.68. The molecule has 0 fully saturated rings. The fourth-order valence-corrected chi connectivity index (χ4v) is 1.99. The molecule has 0 spiro atoms. The van der Waals surface area contributed by atoms with Crippen LogP contribution in [0.4, 0.5) is 5.82 Å². The van der Waals surface area contributed by atoms with Gasteiger partial charge in [-0.25, -0.2) is 4.98 Å². The molecule has 0 aromatic carbocycles. The Labute approximate surface area is 110 Å². The molecule has 0 saturated carbocycles. The van der Waals surface area contributed by atoms with E-state index in [1.807, 2.05) is 37.1 Å². The number of hydrogen-bond acceptors (Lipinski definition) is 5. The average Bonchev–Trinajstić information content (AvgIpc) is 2.98. The van der Waals surface area contributed by atoms with E-state index in [0.717, 1.165) is 24.5 Å². The number of aryl methyl sites for hydroxylation is 2. The Morgan fingerprint density at radius 3 is 3.00 bits per heavy atom. The molecule has 3 aromatic rings. The maximum atomic E-state index is 4.30. The summed E-state index contributed by atoms with van der Waals surface area (Å²) in [6, 6.07) is 1.96. The minimum absolute atomic E-state index is 0.615. The molecule has 0 aliphatic rings. The van der Waals surface area contributed by atoms with Crippen LogP contribution in [0.5, 0.6) is 0 Å². The molecule has 0 aliphatic carbocycles. The maximum Gasteiger partial charge on any atom is 0.254 e. The van der Waals surface area contributed by atoms with Crippen LogP contribution in [0.2, 0.25) is 0 Å². The van der Waals surface area contributed by atoms with Gasteiger partial charge in [0, 0.05) is 31.5 Å². The van der Waals surface area contributed by atoms with E-state index in [9.17, 15) is 0 Å². The van der Waals surface area contributed by atoms with Crippen LogP contribution in [-0.2, 0) is 13.5 Å². The molecule has 3 rings (SSSR count). The van der Waals surface area contributed by atoms with Crippen LogP contribution in [0.15, 0.2) is 24.8 Å². The van der Waals surface area contributed by atoms with Crippen LogP contribution >= 0.6 is 0 Å². The highest BCUT2D eigenvalue weighted by Gasteiger charge is 2.05. The van der Waals surface area contributed by atoms with Gasteiger partial charge in [0.1, 0.15) is 12.1 Å². The first-order valence-corrected chi connectivity index (χ1v) is 6.11. The van der Waals surface area contributed by atoms with Crippen molar-refractivity contribution < 1.29 is 0 Å². The van der Waals surface area contributed by atoms with Gasteiger partial charge in [-0.15, -0.1) is 0 Å². The van der Waals surface area contributed by atoms with Crippen molar-refractivity contribution in [2.45, 2.75) is 13.3 Å². The Hall–Kier alpha value is -2.44. The van der Waals surface area contributed by atoms with E-state index in [4.69, 9.17) is 0 Å². The maximum absolute atomic E-state index is 4.30. The van der Waals surface area contributed by atoms with Crippen molar-refractivity contribution in [3.63, 3.8) is 0 Å². The van der Waals surface area contributed by atoms with Crippen LogP contribution in [0.25, 0.3) is 5.78 Å². The number of aromatic nitrogens is 6. The Balaban J connectivity index is 1.73. The fourth-order valence-electron chi connectivity index (χ4n) is 1.99. The number of fused-ring (bicyclic) bond motifs is 1. The molecule has 0 aliphatic heterocycles. The van der Waals surface area contributed by atoms with Crippen molar-refractivity contribution in [3.8, 4) is 0 Å².